The van der Waals surface area contributed by atoms with Crippen molar-refractivity contribution in [2.24, 2.45) is 5.92 Å². The number of hydrogen-bond acceptors (Lipinski definition) is 7. The quantitative estimate of drug-likeness (QED) is 0.808. The summed E-state index contributed by atoms with van der Waals surface area (Å²) in [4.78, 5) is 37.2. The van der Waals surface area contributed by atoms with Crippen LogP contribution in [-0.4, -0.2) is 39.0 Å². The maximum atomic E-state index is 12.6. The van der Waals surface area contributed by atoms with Gasteiger partial charge < -0.3 is 10.1 Å². The van der Waals surface area contributed by atoms with Crippen molar-refractivity contribution in [2.45, 2.75) is 44.1 Å². The Bertz CT molecular complexity index is 802. The van der Waals surface area contributed by atoms with Gasteiger partial charge in [-0.1, -0.05) is 0 Å². The van der Waals surface area contributed by atoms with E-state index in [1.807, 2.05) is 5.38 Å². The highest BCUT2D eigenvalue weighted by Gasteiger charge is 2.53. The summed E-state index contributed by atoms with van der Waals surface area (Å²) in [7, 11) is 0. The second-order valence-electron chi connectivity index (χ2n) is 6.78. The minimum atomic E-state index is -0.555. The minimum Gasteiger partial charge on any atom is -0.458 e. The van der Waals surface area contributed by atoms with Crippen molar-refractivity contribution in [3.63, 3.8) is 0 Å². The molecule has 2 aromatic rings. The molecule has 0 radical (unpaired) electrons. The Labute approximate surface area is 155 Å². The first-order chi connectivity index (χ1) is 12.7. The molecular formula is C18H20N4O3S. The van der Waals surface area contributed by atoms with E-state index >= 15 is 0 Å². The summed E-state index contributed by atoms with van der Waals surface area (Å²) in [5, 5.41) is 5.75. The highest BCUT2D eigenvalue weighted by atomic mass is 32.1. The third-order valence-corrected chi connectivity index (χ3v) is 6.02. The van der Waals surface area contributed by atoms with Gasteiger partial charge in [0.05, 0.1) is 24.2 Å². The number of nitrogens with zero attached hydrogens (tertiary/aromatic N) is 3. The van der Waals surface area contributed by atoms with E-state index < -0.39 is 5.60 Å². The van der Waals surface area contributed by atoms with Crippen LogP contribution in [0.1, 0.15) is 37.8 Å². The van der Waals surface area contributed by atoms with E-state index in [4.69, 9.17) is 4.74 Å². The molecule has 3 heterocycles. The Balaban J connectivity index is 1.33. The van der Waals surface area contributed by atoms with E-state index in [0.29, 0.717) is 13.0 Å². The number of ether oxygens (including phenoxy) is 1. The Morgan fingerprint density at radius 3 is 2.96 bits per heavy atom. The van der Waals surface area contributed by atoms with Gasteiger partial charge >= 0.3 is 5.97 Å². The predicted octanol–water partition coefficient (Wildman–Crippen LogP) is 2.13. The van der Waals surface area contributed by atoms with Crippen LogP contribution in [0.4, 0.5) is 0 Å². The molecule has 0 aromatic carbocycles. The minimum absolute atomic E-state index is 0.0814. The molecule has 0 unspecified atom stereocenters. The van der Waals surface area contributed by atoms with Crippen LogP contribution in [0, 0.1) is 5.92 Å². The average Bonchev–Trinajstić information content (AvgIpc) is 3.37. The molecule has 0 bridgehead atoms. The van der Waals surface area contributed by atoms with Gasteiger partial charge in [-0.2, -0.15) is 0 Å². The van der Waals surface area contributed by atoms with Gasteiger partial charge in [-0.15, -0.1) is 11.3 Å². The molecular weight excluding hydrogens is 352 g/mol. The van der Waals surface area contributed by atoms with Crippen molar-refractivity contribution < 1.29 is 14.3 Å². The van der Waals surface area contributed by atoms with Crippen LogP contribution in [-0.2, 0) is 20.7 Å². The van der Waals surface area contributed by atoms with Gasteiger partial charge in [0.25, 0.3) is 0 Å². The van der Waals surface area contributed by atoms with Crippen molar-refractivity contribution in [3.05, 3.63) is 29.7 Å². The van der Waals surface area contributed by atoms with E-state index in [1.165, 1.54) is 11.3 Å². The number of nitrogens with one attached hydrogen (secondary N) is 1. The second kappa shape index (κ2) is 7.11. The highest BCUT2D eigenvalue weighted by molar-refractivity contribution is 7.13. The van der Waals surface area contributed by atoms with E-state index in [9.17, 15) is 9.59 Å². The zero-order valence-corrected chi connectivity index (χ0v) is 15.1. The smallest absolute Gasteiger partial charge is 0.307 e. The molecule has 7 nitrogen and oxygen atoms in total. The van der Waals surface area contributed by atoms with Gasteiger partial charge in [0.15, 0.2) is 0 Å². The molecule has 2 aromatic heterocycles. The molecule has 1 saturated carbocycles. The fourth-order valence-corrected chi connectivity index (χ4v) is 4.65. The second-order valence-corrected chi connectivity index (χ2v) is 7.64. The normalized spacial score (nSPS) is 21.1. The fourth-order valence-electron chi connectivity index (χ4n) is 3.83. The fraction of sp³-hybridized carbons (Fsp3) is 0.500. The van der Waals surface area contributed by atoms with E-state index in [1.54, 1.807) is 18.6 Å². The first kappa shape index (κ1) is 17.1. The van der Waals surface area contributed by atoms with Crippen LogP contribution in [0.15, 0.2) is 24.0 Å². The molecule has 26 heavy (non-hydrogen) atoms. The van der Waals surface area contributed by atoms with E-state index in [2.05, 4.69) is 20.3 Å². The van der Waals surface area contributed by atoms with E-state index in [-0.39, 0.29) is 24.2 Å². The molecule has 1 N–H and O–H groups in total. The van der Waals surface area contributed by atoms with Gasteiger partial charge in [-0.05, 0) is 25.7 Å². The van der Waals surface area contributed by atoms with Gasteiger partial charge in [0.1, 0.15) is 16.3 Å². The number of carbonyl (C=O) groups is 2. The number of esters is 1. The summed E-state index contributed by atoms with van der Waals surface area (Å²) in [5.74, 6) is -0.689. The maximum Gasteiger partial charge on any atom is 0.307 e. The molecule has 1 aliphatic heterocycles. The first-order valence-corrected chi connectivity index (χ1v) is 9.75. The van der Waals surface area contributed by atoms with Crippen molar-refractivity contribution in [1.29, 1.82) is 0 Å². The zero-order valence-electron chi connectivity index (χ0n) is 14.3. The molecule has 1 aliphatic carbocycles. The maximum absolute atomic E-state index is 12.6. The number of aromatic nitrogens is 3. The largest absolute Gasteiger partial charge is 0.458 e. The molecule has 1 atom stereocenters. The van der Waals surface area contributed by atoms with Crippen molar-refractivity contribution in [3.8, 4) is 10.7 Å². The number of hydrogen-bond donors (Lipinski definition) is 1. The third-order valence-electron chi connectivity index (χ3n) is 5.10. The average molecular weight is 372 g/mol. The van der Waals surface area contributed by atoms with E-state index in [0.717, 1.165) is 42.1 Å². The van der Waals surface area contributed by atoms with Gasteiger partial charge in [-0.3, -0.25) is 19.6 Å². The standard InChI is InChI=1S/C18H20N4O3S/c23-15-9-13(18(25-15)4-1-2-5-18)16(24)21-6-3-12-11-26-17(22-12)14-10-19-7-8-20-14/h7-8,10-11,13H,1-6,9H2,(H,21,24)/t13-/m0/s1. The molecule has 1 saturated heterocycles. The van der Waals surface area contributed by atoms with Crippen LogP contribution in [0.5, 0.6) is 0 Å². The number of rotatable bonds is 5. The summed E-state index contributed by atoms with van der Waals surface area (Å²) in [6, 6.07) is 0. The number of carbonyl (C=O) groups excluding carboxylic acids is 2. The monoisotopic (exact) mass is 372 g/mol. The van der Waals surface area contributed by atoms with Crippen molar-refractivity contribution in [2.75, 3.05) is 6.54 Å². The summed E-state index contributed by atoms with van der Waals surface area (Å²) in [5.41, 5.74) is 1.10. The molecule has 1 amide bonds. The van der Waals surface area contributed by atoms with Crippen LogP contribution in [0.25, 0.3) is 10.7 Å². The third kappa shape index (κ3) is 3.33. The SMILES string of the molecule is O=C1C[C@@H](C(=O)NCCc2csc(-c3cnccn3)n2)C2(CCCC2)O1. The summed E-state index contributed by atoms with van der Waals surface area (Å²) >= 11 is 1.51. The topological polar surface area (TPSA) is 94.1 Å². The van der Waals surface area contributed by atoms with Crippen molar-refractivity contribution in [1.82, 2.24) is 20.3 Å². The Morgan fingerprint density at radius 1 is 1.35 bits per heavy atom. The van der Waals surface area contributed by atoms with Crippen LogP contribution in [0.2, 0.25) is 0 Å². The van der Waals surface area contributed by atoms with Gasteiger partial charge in [0.2, 0.25) is 5.91 Å². The number of amides is 1. The highest BCUT2D eigenvalue weighted by Crippen LogP contribution is 2.45. The van der Waals surface area contributed by atoms with Crippen LogP contribution in [0.3, 0.4) is 0 Å². The van der Waals surface area contributed by atoms with Gasteiger partial charge in [-0.25, -0.2) is 4.98 Å². The number of thiazole rings is 1. The van der Waals surface area contributed by atoms with Gasteiger partial charge in [0, 0.05) is 30.7 Å². The van der Waals surface area contributed by atoms with Crippen molar-refractivity contribution >= 4 is 23.2 Å². The Kier molecular flexibility index (Phi) is 4.67. The molecule has 1 spiro atoms. The molecule has 8 heteroatoms. The lowest BCUT2D eigenvalue weighted by molar-refractivity contribution is -0.149. The Hall–Kier alpha value is -2.35. The summed E-state index contributed by atoms with van der Waals surface area (Å²) in [6.45, 7) is 0.489. The molecule has 136 valence electrons. The lowest BCUT2D eigenvalue weighted by Crippen LogP contribution is -2.43. The van der Waals surface area contributed by atoms with Crippen LogP contribution >= 0.6 is 11.3 Å². The molecule has 4 rings (SSSR count). The predicted molar refractivity (Wildman–Crippen MR) is 95.3 cm³/mol. The lowest BCUT2D eigenvalue weighted by atomic mass is 9.85. The Morgan fingerprint density at radius 2 is 2.19 bits per heavy atom. The summed E-state index contributed by atoms with van der Waals surface area (Å²) in [6.07, 6.45) is 9.40. The first-order valence-electron chi connectivity index (χ1n) is 8.87. The zero-order chi connectivity index (χ0) is 18.0. The lowest BCUT2D eigenvalue weighted by Gasteiger charge is -2.27. The molecule has 2 aliphatic rings. The molecule has 2 fully saturated rings. The summed E-state index contributed by atoms with van der Waals surface area (Å²) < 4.78 is 5.54. The van der Waals surface area contributed by atoms with Crippen LogP contribution < -0.4 is 5.32 Å².